The standard InChI is InChI=1S/C32H45F3N6O3S/c1-7-15-41(19-21-12-13-23(20-40(5)6)38-28(21)32(33,34)35)29(42)22-16-26-25(39-27(36)17-22)18-24(45-26)11-9-8-10-14-37-30(43)44-31(2,3)4/h12-13,16,18H,7-11,14-15,17,19-20H2,1-6H3,(H2,36,39)(H,37,43). The quantitative estimate of drug-likeness (QED) is 0.234. The minimum absolute atomic E-state index is 0.0527. The van der Waals surface area contributed by atoms with Crippen molar-refractivity contribution < 1.29 is 27.5 Å². The van der Waals surface area contributed by atoms with Gasteiger partial charge in [-0.1, -0.05) is 19.4 Å². The lowest BCUT2D eigenvalue weighted by atomic mass is 10.1. The predicted octanol–water partition coefficient (Wildman–Crippen LogP) is 6.68. The first kappa shape index (κ1) is 36.0. The van der Waals surface area contributed by atoms with Gasteiger partial charge in [-0.3, -0.25) is 4.79 Å². The lowest BCUT2D eigenvalue weighted by molar-refractivity contribution is -0.143. The van der Waals surface area contributed by atoms with E-state index in [1.165, 1.54) is 22.3 Å². The SMILES string of the molecule is CCCN(Cc1ccc(CN(C)C)nc1C(F)(F)F)C(=O)C1=Cc2sc(CCCCCNC(=O)OC(C)(C)C)cc2N=C(N)C1. The highest BCUT2D eigenvalue weighted by Crippen LogP contribution is 2.36. The summed E-state index contributed by atoms with van der Waals surface area (Å²) < 4.78 is 47.3. The number of amidine groups is 1. The number of alkyl carbamates (subject to hydrolysis) is 1. The molecule has 3 heterocycles. The summed E-state index contributed by atoms with van der Waals surface area (Å²) in [6, 6.07) is 4.96. The lowest BCUT2D eigenvalue weighted by Gasteiger charge is -2.25. The highest BCUT2D eigenvalue weighted by molar-refractivity contribution is 7.13. The molecule has 3 N–H and O–H groups in total. The van der Waals surface area contributed by atoms with Crippen LogP contribution in [0.4, 0.5) is 23.7 Å². The molecule has 45 heavy (non-hydrogen) atoms. The molecule has 0 bridgehead atoms. The second-order valence-corrected chi connectivity index (χ2v) is 13.6. The Hall–Kier alpha value is -3.45. The number of carbonyl (C=O) groups is 2. The van der Waals surface area contributed by atoms with E-state index in [1.807, 2.05) is 33.8 Å². The number of rotatable bonds is 13. The van der Waals surface area contributed by atoms with Crippen molar-refractivity contribution in [3.05, 3.63) is 50.5 Å². The lowest BCUT2D eigenvalue weighted by Crippen LogP contribution is -2.34. The Balaban J connectivity index is 1.70. The zero-order valence-electron chi connectivity index (χ0n) is 27.0. The Bertz CT molecular complexity index is 1400. The largest absolute Gasteiger partial charge is 0.444 e. The van der Waals surface area contributed by atoms with E-state index in [0.717, 1.165) is 35.4 Å². The number of aromatic nitrogens is 1. The number of pyridine rings is 1. The number of hydrogen-bond donors (Lipinski definition) is 2. The molecule has 0 radical (unpaired) electrons. The van der Waals surface area contributed by atoms with Crippen molar-refractivity contribution in [2.24, 2.45) is 10.7 Å². The Morgan fingerprint density at radius 1 is 1.11 bits per heavy atom. The summed E-state index contributed by atoms with van der Waals surface area (Å²) in [6.45, 7) is 8.17. The van der Waals surface area contributed by atoms with Gasteiger partial charge in [-0.05, 0) is 78.8 Å². The van der Waals surface area contributed by atoms with Crippen molar-refractivity contribution in [1.82, 2.24) is 20.1 Å². The van der Waals surface area contributed by atoms with Crippen molar-refractivity contribution in [2.75, 3.05) is 27.2 Å². The zero-order chi connectivity index (χ0) is 33.4. The highest BCUT2D eigenvalue weighted by atomic mass is 32.1. The molecule has 1 aliphatic rings. The Kier molecular flexibility index (Phi) is 12.6. The van der Waals surface area contributed by atoms with Crippen molar-refractivity contribution in [3.63, 3.8) is 0 Å². The molecule has 0 spiro atoms. The van der Waals surface area contributed by atoms with E-state index in [9.17, 15) is 22.8 Å². The van der Waals surface area contributed by atoms with E-state index >= 15 is 0 Å². The van der Waals surface area contributed by atoms with Gasteiger partial charge in [0.25, 0.3) is 5.91 Å². The molecule has 1 aliphatic heterocycles. The fraction of sp³-hybridized carbons (Fsp3) is 0.562. The van der Waals surface area contributed by atoms with Gasteiger partial charge >= 0.3 is 12.3 Å². The number of nitrogens with zero attached hydrogens (tertiary/aromatic N) is 4. The van der Waals surface area contributed by atoms with Crippen LogP contribution in [0.3, 0.4) is 0 Å². The van der Waals surface area contributed by atoms with Crippen molar-refractivity contribution in [1.29, 1.82) is 0 Å². The van der Waals surface area contributed by atoms with Crippen LogP contribution in [0.15, 0.2) is 28.8 Å². The van der Waals surface area contributed by atoms with Crippen LogP contribution in [0.5, 0.6) is 0 Å². The number of aliphatic imine (C=N–C) groups is 1. The Morgan fingerprint density at radius 2 is 1.84 bits per heavy atom. The number of amides is 2. The summed E-state index contributed by atoms with van der Waals surface area (Å²) in [6.07, 6.45) is 0.771. The molecular weight excluding hydrogens is 605 g/mol. The number of ether oxygens (including phenoxy) is 1. The summed E-state index contributed by atoms with van der Waals surface area (Å²) in [4.78, 5) is 39.1. The molecule has 248 valence electrons. The van der Waals surface area contributed by atoms with Crippen LogP contribution in [0.2, 0.25) is 0 Å². The van der Waals surface area contributed by atoms with Crippen LogP contribution >= 0.6 is 11.3 Å². The number of thiophene rings is 1. The maximum atomic E-state index is 14.0. The second kappa shape index (κ2) is 15.7. The van der Waals surface area contributed by atoms with Crippen LogP contribution in [-0.2, 0) is 35.2 Å². The minimum Gasteiger partial charge on any atom is -0.444 e. The molecule has 9 nitrogen and oxygen atoms in total. The van der Waals surface area contributed by atoms with E-state index in [0.29, 0.717) is 29.9 Å². The van der Waals surface area contributed by atoms with Crippen molar-refractivity contribution in [3.8, 4) is 0 Å². The summed E-state index contributed by atoms with van der Waals surface area (Å²) in [7, 11) is 3.52. The average Bonchev–Trinajstić information content (AvgIpc) is 3.21. The van der Waals surface area contributed by atoms with Gasteiger partial charge in [0.2, 0.25) is 0 Å². The fourth-order valence-corrected chi connectivity index (χ4v) is 5.96. The Morgan fingerprint density at radius 3 is 2.49 bits per heavy atom. The molecular formula is C32H45F3N6O3S. The molecule has 0 saturated carbocycles. The van der Waals surface area contributed by atoms with Gasteiger partial charge in [0.05, 0.1) is 16.3 Å². The van der Waals surface area contributed by atoms with Gasteiger partial charge in [-0.15, -0.1) is 11.3 Å². The number of alkyl halides is 3. The molecule has 0 saturated heterocycles. The predicted molar refractivity (Wildman–Crippen MR) is 172 cm³/mol. The molecule has 3 rings (SSSR count). The van der Waals surface area contributed by atoms with Gasteiger partial charge in [-0.25, -0.2) is 14.8 Å². The zero-order valence-corrected chi connectivity index (χ0v) is 27.8. The number of nitrogens with one attached hydrogen (secondary N) is 1. The molecule has 0 atom stereocenters. The Labute approximate surface area is 267 Å². The molecule has 2 aromatic rings. The number of halogens is 3. The van der Waals surface area contributed by atoms with Crippen LogP contribution in [0.25, 0.3) is 6.08 Å². The monoisotopic (exact) mass is 650 g/mol. The van der Waals surface area contributed by atoms with E-state index in [-0.39, 0.29) is 43.4 Å². The number of aryl methyl sites for hydroxylation is 1. The third-order valence-electron chi connectivity index (χ3n) is 6.70. The molecule has 0 aromatic carbocycles. The van der Waals surface area contributed by atoms with Crippen LogP contribution in [0, 0.1) is 0 Å². The van der Waals surface area contributed by atoms with Crippen LogP contribution in [-0.4, -0.2) is 65.4 Å². The smallest absolute Gasteiger partial charge is 0.433 e. The summed E-state index contributed by atoms with van der Waals surface area (Å²) in [5.74, 6) is -0.103. The van der Waals surface area contributed by atoms with E-state index < -0.39 is 23.6 Å². The van der Waals surface area contributed by atoms with Crippen molar-refractivity contribution >= 4 is 40.9 Å². The maximum Gasteiger partial charge on any atom is 0.433 e. The molecule has 2 amide bonds. The van der Waals surface area contributed by atoms with Gasteiger partial charge in [0.1, 0.15) is 17.1 Å². The van der Waals surface area contributed by atoms with Crippen LogP contribution in [0.1, 0.15) is 86.5 Å². The molecule has 0 unspecified atom stereocenters. The van der Waals surface area contributed by atoms with Gasteiger partial charge in [-0.2, -0.15) is 13.2 Å². The molecule has 0 fully saturated rings. The van der Waals surface area contributed by atoms with Gasteiger partial charge in [0, 0.05) is 48.6 Å². The maximum absolute atomic E-state index is 14.0. The van der Waals surface area contributed by atoms with E-state index in [2.05, 4.69) is 15.3 Å². The van der Waals surface area contributed by atoms with Crippen molar-refractivity contribution in [2.45, 2.75) is 91.1 Å². The fourth-order valence-electron chi connectivity index (χ4n) is 4.85. The molecule has 2 aromatic heterocycles. The first-order valence-electron chi connectivity index (χ1n) is 15.2. The first-order chi connectivity index (χ1) is 21.1. The number of unbranched alkanes of at least 4 members (excludes halogenated alkanes) is 2. The number of hydrogen-bond acceptors (Lipinski definition) is 8. The third kappa shape index (κ3) is 11.4. The normalized spacial score (nSPS) is 13.6. The number of fused-ring (bicyclic) bond motifs is 1. The minimum atomic E-state index is -4.66. The third-order valence-corrected chi connectivity index (χ3v) is 7.83. The average molecular weight is 651 g/mol. The van der Waals surface area contributed by atoms with E-state index in [1.54, 1.807) is 31.1 Å². The second-order valence-electron chi connectivity index (χ2n) is 12.4. The molecule has 13 heteroatoms. The van der Waals surface area contributed by atoms with Gasteiger partial charge in [0.15, 0.2) is 0 Å². The van der Waals surface area contributed by atoms with Crippen LogP contribution < -0.4 is 11.1 Å². The summed E-state index contributed by atoms with van der Waals surface area (Å²) in [5.41, 5.74) is 6.02. The van der Waals surface area contributed by atoms with E-state index in [4.69, 9.17) is 10.5 Å². The summed E-state index contributed by atoms with van der Waals surface area (Å²) >= 11 is 1.53. The van der Waals surface area contributed by atoms with Gasteiger partial charge < -0.3 is 25.6 Å². The number of carbonyl (C=O) groups excluding carboxylic acids is 2. The molecule has 0 aliphatic carbocycles. The topological polar surface area (TPSA) is 113 Å². The first-order valence-corrected chi connectivity index (χ1v) is 16.0. The summed E-state index contributed by atoms with van der Waals surface area (Å²) in [5, 5.41) is 2.76. The highest BCUT2D eigenvalue weighted by Gasteiger charge is 2.36. The number of nitrogens with two attached hydrogens (primary N) is 1.